The fourth-order valence-electron chi connectivity index (χ4n) is 1.74. The van der Waals surface area contributed by atoms with Crippen molar-refractivity contribution in [3.63, 3.8) is 0 Å². The summed E-state index contributed by atoms with van der Waals surface area (Å²) in [6, 6.07) is 7.12. The topological polar surface area (TPSA) is 44.7 Å². The molecule has 90 valence electrons. The number of benzene rings is 1. The maximum atomic E-state index is 11.7. The summed E-state index contributed by atoms with van der Waals surface area (Å²) >= 11 is 3.34. The number of urea groups is 1. The molecule has 1 aliphatic rings. The molecule has 2 rings (SSSR count). The minimum atomic E-state index is -0.309. The average molecular weight is 296 g/mol. The third kappa shape index (κ3) is 3.30. The Morgan fingerprint density at radius 1 is 1.41 bits per heavy atom. The van der Waals surface area contributed by atoms with Crippen molar-refractivity contribution >= 4 is 33.5 Å². The normalized spacial score (nSPS) is 17.5. The molecule has 1 fully saturated rings. The fraction of sp³-hybridized carbons (Fsp3) is 0.333. The van der Waals surface area contributed by atoms with Gasteiger partial charge >= 0.3 is 6.03 Å². The van der Waals surface area contributed by atoms with Crippen LogP contribution in [0.3, 0.4) is 0 Å². The molecule has 0 bridgehead atoms. The Labute approximate surface area is 109 Å². The van der Waals surface area contributed by atoms with Crippen molar-refractivity contribution < 1.29 is 4.79 Å². The van der Waals surface area contributed by atoms with Gasteiger partial charge in [0.15, 0.2) is 0 Å². The number of aliphatic imine (C=N–C) groups is 1. The molecule has 1 aliphatic heterocycles. The number of hydrogen-bond donors (Lipinski definition) is 1. The molecule has 1 aromatic rings. The van der Waals surface area contributed by atoms with Crippen molar-refractivity contribution in [2.24, 2.45) is 4.99 Å². The van der Waals surface area contributed by atoms with Crippen LogP contribution in [0.25, 0.3) is 0 Å². The van der Waals surface area contributed by atoms with Gasteiger partial charge in [0, 0.05) is 30.2 Å². The zero-order valence-electron chi connectivity index (χ0n) is 9.61. The van der Waals surface area contributed by atoms with Crippen LogP contribution in [-0.2, 0) is 0 Å². The molecule has 1 aromatic carbocycles. The minimum Gasteiger partial charge on any atom is -0.363 e. The highest BCUT2D eigenvalue weighted by Crippen LogP contribution is 2.15. The maximum absolute atomic E-state index is 11.7. The number of halogens is 1. The van der Waals surface area contributed by atoms with E-state index in [4.69, 9.17) is 0 Å². The van der Waals surface area contributed by atoms with Crippen molar-refractivity contribution in [2.45, 2.75) is 12.8 Å². The van der Waals surface area contributed by atoms with Crippen LogP contribution in [0, 0.1) is 0 Å². The van der Waals surface area contributed by atoms with Crippen LogP contribution in [-0.4, -0.2) is 30.4 Å². The van der Waals surface area contributed by atoms with E-state index in [9.17, 15) is 4.79 Å². The van der Waals surface area contributed by atoms with E-state index < -0.39 is 0 Å². The predicted molar refractivity (Wildman–Crippen MR) is 72.5 cm³/mol. The lowest BCUT2D eigenvalue weighted by molar-refractivity contribution is 0.259. The van der Waals surface area contributed by atoms with Crippen LogP contribution >= 0.6 is 15.9 Å². The van der Waals surface area contributed by atoms with E-state index in [-0.39, 0.29) is 6.03 Å². The third-order valence-electron chi connectivity index (χ3n) is 2.66. The number of nitrogens with zero attached hydrogens (tertiary/aromatic N) is 2. The highest BCUT2D eigenvalue weighted by molar-refractivity contribution is 9.10. The monoisotopic (exact) mass is 295 g/mol. The Bertz CT molecular complexity index is 442. The van der Waals surface area contributed by atoms with Gasteiger partial charge in [-0.1, -0.05) is 15.9 Å². The lowest BCUT2D eigenvalue weighted by Gasteiger charge is -2.10. The van der Waals surface area contributed by atoms with Gasteiger partial charge in [-0.2, -0.15) is 4.99 Å². The standard InChI is InChI=1S/C12H14BrN3O/c1-16-8-2-3-11(16)15-12(17)14-10-6-4-9(13)5-7-10/h4-7H,2-3,8H2,1H3,(H,14,17)/b15-11-. The summed E-state index contributed by atoms with van der Waals surface area (Å²) in [5.74, 6) is 0.861. The number of amidine groups is 1. The maximum Gasteiger partial charge on any atom is 0.347 e. The molecule has 2 amide bonds. The number of amides is 2. The first-order valence-electron chi connectivity index (χ1n) is 5.50. The van der Waals surface area contributed by atoms with Crippen LogP contribution < -0.4 is 5.32 Å². The van der Waals surface area contributed by atoms with Gasteiger partial charge in [0.2, 0.25) is 0 Å². The smallest absolute Gasteiger partial charge is 0.347 e. The van der Waals surface area contributed by atoms with Gasteiger partial charge in [0.05, 0.1) is 0 Å². The van der Waals surface area contributed by atoms with Crippen molar-refractivity contribution in [1.29, 1.82) is 0 Å². The Balaban J connectivity index is 2.00. The second kappa shape index (κ2) is 5.31. The summed E-state index contributed by atoms with van der Waals surface area (Å²) in [5.41, 5.74) is 0.753. The molecule has 0 aromatic heterocycles. The molecular weight excluding hydrogens is 282 g/mol. The lowest BCUT2D eigenvalue weighted by atomic mass is 10.3. The summed E-state index contributed by atoms with van der Waals surface area (Å²) in [5, 5.41) is 2.74. The molecule has 17 heavy (non-hydrogen) atoms. The number of rotatable bonds is 1. The molecule has 4 nitrogen and oxygen atoms in total. The van der Waals surface area contributed by atoms with E-state index in [1.54, 1.807) is 0 Å². The van der Waals surface area contributed by atoms with E-state index in [0.29, 0.717) is 0 Å². The molecule has 0 unspecified atom stereocenters. The molecule has 0 saturated carbocycles. The molecule has 0 radical (unpaired) electrons. The van der Waals surface area contributed by atoms with Crippen molar-refractivity contribution in [3.8, 4) is 0 Å². The number of nitrogens with one attached hydrogen (secondary N) is 1. The molecule has 1 saturated heterocycles. The predicted octanol–water partition coefficient (Wildman–Crippen LogP) is 3.11. The molecule has 0 spiro atoms. The number of hydrogen-bond acceptors (Lipinski definition) is 1. The first-order chi connectivity index (χ1) is 8.15. The van der Waals surface area contributed by atoms with Crippen molar-refractivity contribution in [1.82, 2.24) is 4.90 Å². The molecule has 5 heteroatoms. The summed E-state index contributed by atoms with van der Waals surface area (Å²) in [7, 11) is 1.96. The quantitative estimate of drug-likeness (QED) is 0.865. The van der Waals surface area contributed by atoms with Crippen LogP contribution in [0.1, 0.15) is 12.8 Å². The van der Waals surface area contributed by atoms with E-state index in [1.807, 2.05) is 36.2 Å². The largest absolute Gasteiger partial charge is 0.363 e. The Morgan fingerprint density at radius 3 is 2.71 bits per heavy atom. The number of likely N-dealkylation sites (tertiary alicyclic amines) is 1. The zero-order valence-corrected chi connectivity index (χ0v) is 11.2. The molecule has 1 heterocycles. The SMILES string of the molecule is CN1CCC/C1=N/C(=O)Nc1ccc(Br)cc1. The highest BCUT2D eigenvalue weighted by Gasteiger charge is 2.15. The first kappa shape index (κ1) is 12.1. The van der Waals surface area contributed by atoms with Gasteiger partial charge in [-0.05, 0) is 30.7 Å². The van der Waals surface area contributed by atoms with E-state index in [0.717, 1.165) is 35.4 Å². The summed E-state index contributed by atoms with van der Waals surface area (Å²) in [6.07, 6.45) is 1.95. The van der Waals surface area contributed by atoms with Crippen LogP contribution in [0.15, 0.2) is 33.7 Å². The average Bonchev–Trinajstić information content (AvgIpc) is 2.68. The van der Waals surface area contributed by atoms with E-state index in [2.05, 4.69) is 26.2 Å². The lowest BCUT2D eigenvalue weighted by Crippen LogP contribution is -2.21. The zero-order chi connectivity index (χ0) is 12.3. The molecule has 0 aliphatic carbocycles. The van der Waals surface area contributed by atoms with Crippen LogP contribution in [0.2, 0.25) is 0 Å². The second-order valence-corrected chi connectivity index (χ2v) is 4.91. The highest BCUT2D eigenvalue weighted by atomic mass is 79.9. The first-order valence-corrected chi connectivity index (χ1v) is 6.30. The third-order valence-corrected chi connectivity index (χ3v) is 3.19. The van der Waals surface area contributed by atoms with Gasteiger partial charge < -0.3 is 10.2 Å². The number of carbonyl (C=O) groups excluding carboxylic acids is 1. The minimum absolute atomic E-state index is 0.309. The van der Waals surface area contributed by atoms with Gasteiger partial charge in [-0.15, -0.1) is 0 Å². The Morgan fingerprint density at radius 2 is 2.12 bits per heavy atom. The Kier molecular flexibility index (Phi) is 3.78. The van der Waals surface area contributed by atoms with Gasteiger partial charge in [-0.25, -0.2) is 4.79 Å². The molecular formula is C12H14BrN3O. The molecule has 0 atom stereocenters. The number of anilines is 1. The summed E-state index contributed by atoms with van der Waals surface area (Å²) in [6.45, 7) is 0.977. The Hall–Kier alpha value is -1.36. The van der Waals surface area contributed by atoms with Crippen LogP contribution in [0.4, 0.5) is 10.5 Å². The van der Waals surface area contributed by atoms with E-state index in [1.165, 1.54) is 0 Å². The van der Waals surface area contributed by atoms with Gasteiger partial charge in [-0.3, -0.25) is 0 Å². The fourth-order valence-corrected chi connectivity index (χ4v) is 2.00. The number of carbonyl (C=O) groups is 1. The van der Waals surface area contributed by atoms with Gasteiger partial charge in [0.25, 0.3) is 0 Å². The van der Waals surface area contributed by atoms with Crippen molar-refractivity contribution in [2.75, 3.05) is 18.9 Å². The summed E-state index contributed by atoms with van der Waals surface area (Å²) < 4.78 is 0.984. The molecule has 1 N–H and O–H groups in total. The summed E-state index contributed by atoms with van der Waals surface area (Å²) in [4.78, 5) is 17.7. The van der Waals surface area contributed by atoms with E-state index >= 15 is 0 Å². The van der Waals surface area contributed by atoms with Crippen molar-refractivity contribution in [3.05, 3.63) is 28.7 Å². The van der Waals surface area contributed by atoms with Gasteiger partial charge in [0.1, 0.15) is 5.84 Å². The second-order valence-electron chi connectivity index (χ2n) is 3.99. The van der Waals surface area contributed by atoms with Crippen LogP contribution in [0.5, 0.6) is 0 Å².